The predicted molar refractivity (Wildman–Crippen MR) is 113 cm³/mol. The molecule has 0 bridgehead atoms. The summed E-state index contributed by atoms with van der Waals surface area (Å²) < 4.78 is 0. The largest absolute Gasteiger partial charge is 0.508 e. The van der Waals surface area contributed by atoms with E-state index < -0.39 is 73.1 Å². The van der Waals surface area contributed by atoms with Crippen LogP contribution in [0.1, 0.15) is 24.8 Å². The second kappa shape index (κ2) is 13.4. The summed E-state index contributed by atoms with van der Waals surface area (Å²) in [5.41, 5.74) is 6.05. The van der Waals surface area contributed by atoms with Crippen molar-refractivity contribution in [2.45, 2.75) is 43.8 Å². The van der Waals surface area contributed by atoms with Gasteiger partial charge in [0.15, 0.2) is 0 Å². The third-order valence-corrected chi connectivity index (χ3v) is 4.45. The molecule has 0 saturated heterocycles. The number of benzene rings is 1. The molecule has 0 aliphatic heterocycles. The molecule has 0 aromatic heterocycles. The zero-order valence-electron chi connectivity index (χ0n) is 17.9. The third-order valence-electron chi connectivity index (χ3n) is 4.45. The zero-order chi connectivity index (χ0) is 25.8. The summed E-state index contributed by atoms with van der Waals surface area (Å²) in [5.74, 6) is -6.89. The maximum absolute atomic E-state index is 12.3. The van der Waals surface area contributed by atoms with E-state index in [0.717, 1.165) is 0 Å². The summed E-state index contributed by atoms with van der Waals surface area (Å²) in [6, 6.07) is 1.37. The molecule has 34 heavy (non-hydrogen) atoms. The fourth-order valence-corrected chi connectivity index (χ4v) is 2.68. The number of phenols is 1. The molecule has 1 aromatic rings. The summed E-state index contributed by atoms with van der Waals surface area (Å²) in [5, 5.41) is 42.6. The molecule has 0 radical (unpaired) electrons. The smallest absolute Gasteiger partial charge is 0.326 e. The highest BCUT2D eigenvalue weighted by Gasteiger charge is 2.27. The van der Waals surface area contributed by atoms with E-state index in [9.17, 15) is 39.0 Å². The summed E-state index contributed by atoms with van der Waals surface area (Å²) in [6.07, 6.45) is -1.62. The first-order chi connectivity index (χ1) is 15.9. The number of rotatable bonds is 14. The highest BCUT2D eigenvalue weighted by Crippen LogP contribution is 2.11. The Morgan fingerprint density at radius 2 is 1.47 bits per heavy atom. The molecular weight excluding hydrogens is 456 g/mol. The molecule has 0 fully saturated rings. The number of carboxylic acid groups (broad SMARTS) is 3. The second-order valence-corrected chi connectivity index (χ2v) is 7.24. The highest BCUT2D eigenvalue weighted by atomic mass is 16.4. The number of aliphatic carboxylic acids is 3. The minimum Gasteiger partial charge on any atom is -0.508 e. The monoisotopic (exact) mass is 482 g/mol. The molecule has 0 aliphatic rings. The van der Waals surface area contributed by atoms with Gasteiger partial charge in [-0.15, -0.1) is 0 Å². The number of aromatic hydroxyl groups is 1. The average molecular weight is 482 g/mol. The van der Waals surface area contributed by atoms with Gasteiger partial charge in [-0.25, -0.2) is 4.79 Å². The van der Waals surface area contributed by atoms with Gasteiger partial charge in [-0.05, 0) is 24.1 Å². The van der Waals surface area contributed by atoms with Crippen molar-refractivity contribution in [3.05, 3.63) is 29.8 Å². The number of phenolic OH excluding ortho intramolecular Hbond substituents is 1. The number of nitrogens with two attached hydrogens (primary N) is 1. The summed E-state index contributed by atoms with van der Waals surface area (Å²) in [4.78, 5) is 69.5. The van der Waals surface area contributed by atoms with E-state index in [2.05, 4.69) is 16.0 Å². The van der Waals surface area contributed by atoms with Crippen LogP contribution < -0.4 is 21.7 Å². The van der Waals surface area contributed by atoms with Crippen molar-refractivity contribution >= 4 is 35.6 Å². The first-order valence-electron chi connectivity index (χ1n) is 9.96. The molecule has 0 spiro atoms. The molecule has 1 aromatic carbocycles. The normalized spacial score (nSPS) is 13.1. The Morgan fingerprint density at radius 3 is 2.00 bits per heavy atom. The molecular formula is C20H26N4O10. The zero-order valence-corrected chi connectivity index (χ0v) is 17.9. The van der Waals surface area contributed by atoms with Crippen LogP contribution >= 0.6 is 0 Å². The topological polar surface area (TPSA) is 245 Å². The summed E-state index contributed by atoms with van der Waals surface area (Å²) in [7, 11) is 0. The lowest BCUT2D eigenvalue weighted by Crippen LogP contribution is -2.54. The van der Waals surface area contributed by atoms with Crippen LogP contribution in [0.15, 0.2) is 24.3 Å². The Bertz CT molecular complexity index is 918. The Labute approximate surface area is 193 Å². The van der Waals surface area contributed by atoms with Crippen LogP contribution in [-0.2, 0) is 35.2 Å². The molecule has 1 rings (SSSR count). The van der Waals surface area contributed by atoms with Gasteiger partial charge in [-0.1, -0.05) is 12.1 Å². The highest BCUT2D eigenvalue weighted by molar-refractivity contribution is 5.94. The molecule has 186 valence electrons. The number of carboxylic acids is 3. The number of carbonyl (C=O) groups excluding carboxylic acids is 3. The van der Waals surface area contributed by atoms with Crippen LogP contribution in [0.2, 0.25) is 0 Å². The van der Waals surface area contributed by atoms with Crippen LogP contribution in [0.25, 0.3) is 0 Å². The minimum absolute atomic E-state index is 0.0202. The summed E-state index contributed by atoms with van der Waals surface area (Å²) in [6.45, 7) is -0.713. The van der Waals surface area contributed by atoms with Crippen LogP contribution in [-0.4, -0.2) is 80.7 Å². The van der Waals surface area contributed by atoms with E-state index in [1.54, 1.807) is 0 Å². The van der Waals surface area contributed by atoms with Gasteiger partial charge in [0.25, 0.3) is 0 Å². The fourth-order valence-electron chi connectivity index (χ4n) is 2.68. The molecule has 0 aliphatic carbocycles. The Kier molecular flexibility index (Phi) is 10.9. The van der Waals surface area contributed by atoms with Crippen molar-refractivity contribution in [1.29, 1.82) is 0 Å². The third kappa shape index (κ3) is 10.4. The second-order valence-electron chi connectivity index (χ2n) is 7.24. The van der Waals surface area contributed by atoms with Crippen molar-refractivity contribution < 1.29 is 49.2 Å². The Morgan fingerprint density at radius 1 is 0.853 bits per heavy atom. The van der Waals surface area contributed by atoms with Gasteiger partial charge in [0.2, 0.25) is 17.7 Å². The molecule has 3 amide bonds. The molecule has 0 heterocycles. The van der Waals surface area contributed by atoms with E-state index in [0.29, 0.717) is 5.56 Å². The lowest BCUT2D eigenvalue weighted by Gasteiger charge is -2.20. The first kappa shape index (κ1) is 27.8. The van der Waals surface area contributed by atoms with Crippen molar-refractivity contribution in [3.63, 3.8) is 0 Å². The van der Waals surface area contributed by atoms with Gasteiger partial charge in [0, 0.05) is 12.8 Å². The van der Waals surface area contributed by atoms with Crippen LogP contribution in [0.5, 0.6) is 5.75 Å². The van der Waals surface area contributed by atoms with Crippen LogP contribution in [0.3, 0.4) is 0 Å². The standard InChI is InChI=1S/C20H26N4O10/c21-12(5-6-16(27)28)18(31)24-13(8-17(29)30)19(32)22-9-15(26)23-14(20(33)34)7-10-1-3-11(25)4-2-10/h1-4,12-14,25H,5-9,21H2,(H,22,32)(H,23,26)(H,24,31)(H,27,28)(H,29,30)(H,33,34). The Balaban J connectivity index is 2.68. The van der Waals surface area contributed by atoms with Gasteiger partial charge in [0.1, 0.15) is 17.8 Å². The van der Waals surface area contributed by atoms with Crippen molar-refractivity contribution in [2.75, 3.05) is 6.54 Å². The molecule has 9 N–H and O–H groups in total. The fraction of sp³-hybridized carbons (Fsp3) is 0.400. The number of hydrogen-bond acceptors (Lipinski definition) is 8. The molecule has 3 atom stereocenters. The molecule has 0 saturated carbocycles. The van der Waals surface area contributed by atoms with Crippen molar-refractivity contribution in [1.82, 2.24) is 16.0 Å². The molecule has 14 nitrogen and oxygen atoms in total. The van der Waals surface area contributed by atoms with Crippen molar-refractivity contribution in [2.24, 2.45) is 5.73 Å². The van der Waals surface area contributed by atoms with Gasteiger partial charge in [0.05, 0.1) is 19.0 Å². The lowest BCUT2D eigenvalue weighted by atomic mass is 10.1. The summed E-state index contributed by atoms with van der Waals surface area (Å²) >= 11 is 0. The maximum atomic E-state index is 12.3. The van der Waals surface area contributed by atoms with Crippen LogP contribution in [0, 0.1) is 0 Å². The number of amides is 3. The van der Waals surface area contributed by atoms with Crippen LogP contribution in [0.4, 0.5) is 0 Å². The van der Waals surface area contributed by atoms with E-state index in [-0.39, 0.29) is 18.6 Å². The van der Waals surface area contributed by atoms with Gasteiger partial charge in [-0.2, -0.15) is 0 Å². The number of carbonyl (C=O) groups is 6. The maximum Gasteiger partial charge on any atom is 0.326 e. The van der Waals surface area contributed by atoms with E-state index >= 15 is 0 Å². The van der Waals surface area contributed by atoms with Gasteiger partial charge < -0.3 is 42.1 Å². The van der Waals surface area contributed by atoms with Gasteiger partial charge >= 0.3 is 17.9 Å². The van der Waals surface area contributed by atoms with Gasteiger partial charge in [-0.3, -0.25) is 24.0 Å². The Hall–Kier alpha value is -4.20. The number of nitrogens with one attached hydrogen (secondary N) is 3. The molecule has 14 heteroatoms. The quantitative estimate of drug-likeness (QED) is 0.141. The van der Waals surface area contributed by atoms with E-state index in [4.69, 9.17) is 15.9 Å². The average Bonchev–Trinajstić information content (AvgIpc) is 2.75. The van der Waals surface area contributed by atoms with E-state index in [1.165, 1.54) is 24.3 Å². The predicted octanol–water partition coefficient (Wildman–Crippen LogP) is -2.23. The minimum atomic E-state index is -1.61. The van der Waals surface area contributed by atoms with E-state index in [1.807, 2.05) is 0 Å². The lowest BCUT2D eigenvalue weighted by molar-refractivity contribution is -0.142. The molecule has 3 unspecified atom stereocenters. The number of hydrogen-bond donors (Lipinski definition) is 8. The van der Waals surface area contributed by atoms with Crippen molar-refractivity contribution in [3.8, 4) is 5.75 Å². The SMILES string of the molecule is NC(CCC(=O)O)C(=O)NC(CC(=O)O)C(=O)NCC(=O)NC(Cc1ccc(O)cc1)C(=O)O. The first-order valence-corrected chi connectivity index (χ1v) is 9.96.